The summed E-state index contributed by atoms with van der Waals surface area (Å²) in [5, 5.41) is 9.53. The smallest absolute Gasteiger partial charge is 0.356 e. The maximum atomic E-state index is 11.3. The number of hydrogen-bond donors (Lipinski definition) is 3. The van der Waals surface area contributed by atoms with Crippen LogP contribution in [-0.2, 0) is 12.4 Å². The molecule has 2 rings (SSSR count). The van der Waals surface area contributed by atoms with Gasteiger partial charge in [0.2, 0.25) is 0 Å². The van der Waals surface area contributed by atoms with Gasteiger partial charge in [-0.3, -0.25) is 0 Å². The van der Waals surface area contributed by atoms with Crippen LogP contribution >= 0.6 is 12.2 Å². The molecule has 0 heterocycles. The maximum Gasteiger partial charge on any atom is 0.356 e. The number of anilines is 2. The van der Waals surface area contributed by atoms with E-state index in [0.29, 0.717) is 23.2 Å². The molecular formula is C19H22N4O2S2. The molecule has 142 valence electrons. The molecule has 3 N–H and O–H groups in total. The summed E-state index contributed by atoms with van der Waals surface area (Å²) in [4.78, 5) is 11.3. The van der Waals surface area contributed by atoms with Crippen LogP contribution in [0.5, 0.6) is 5.75 Å². The van der Waals surface area contributed by atoms with Gasteiger partial charge in [0.15, 0.2) is 5.11 Å². The summed E-state index contributed by atoms with van der Waals surface area (Å²) in [5.41, 5.74) is 1.54. The predicted octanol–water partition coefficient (Wildman–Crippen LogP) is 4.48. The first-order chi connectivity index (χ1) is 13.2. The minimum atomic E-state index is -0.577. The van der Waals surface area contributed by atoms with Crippen molar-refractivity contribution in [3.05, 3.63) is 54.6 Å². The molecule has 0 atom stereocenters. The zero-order valence-electron chi connectivity index (χ0n) is 14.8. The van der Waals surface area contributed by atoms with E-state index < -0.39 is 6.03 Å². The number of unbranched alkanes of at least 4 members (excludes halogenated alkanes) is 2. The number of rotatable bonds is 9. The third-order valence-corrected chi connectivity index (χ3v) is 4.02. The zero-order valence-corrected chi connectivity index (χ0v) is 16.4. The molecular weight excluding hydrogens is 380 g/mol. The summed E-state index contributed by atoms with van der Waals surface area (Å²) < 4.78 is 8.89. The monoisotopic (exact) mass is 402 g/mol. The van der Waals surface area contributed by atoms with E-state index in [1.54, 1.807) is 12.1 Å². The fourth-order valence-corrected chi connectivity index (χ4v) is 2.58. The lowest BCUT2D eigenvalue weighted by atomic mass is 10.2. The number of nitrogens with one attached hydrogen (secondary N) is 3. The van der Waals surface area contributed by atoms with Gasteiger partial charge in [-0.15, -0.1) is 4.36 Å². The van der Waals surface area contributed by atoms with Crippen LogP contribution in [-0.4, -0.2) is 24.3 Å². The van der Waals surface area contributed by atoms with Crippen LogP contribution in [0.4, 0.5) is 16.2 Å². The Morgan fingerprint density at radius 2 is 1.70 bits per heavy atom. The van der Waals surface area contributed by atoms with Crippen LogP contribution in [0, 0.1) is 0 Å². The third-order valence-electron chi connectivity index (χ3n) is 3.61. The van der Waals surface area contributed by atoms with E-state index in [1.165, 1.54) is 0 Å². The highest BCUT2D eigenvalue weighted by molar-refractivity contribution is 7.80. The molecule has 27 heavy (non-hydrogen) atoms. The molecule has 8 heteroatoms. The molecule has 0 aliphatic rings. The molecule has 0 radical (unpaired) electrons. The Kier molecular flexibility index (Phi) is 9.15. The summed E-state index contributed by atoms with van der Waals surface area (Å²) in [7, 11) is 0. The van der Waals surface area contributed by atoms with E-state index in [-0.39, 0.29) is 0 Å². The molecule has 0 spiro atoms. The Labute approximate surface area is 169 Å². The Morgan fingerprint density at radius 3 is 2.48 bits per heavy atom. The number of thiocarbonyl (C=S) groups is 1. The fourth-order valence-electron chi connectivity index (χ4n) is 2.32. The lowest BCUT2D eigenvalue weighted by Gasteiger charge is -2.12. The number of urea groups is 1. The third kappa shape index (κ3) is 8.10. The Balaban J connectivity index is 1.59. The number of amides is 2. The molecule has 0 aliphatic heterocycles. The van der Waals surface area contributed by atoms with Crippen LogP contribution in [0.2, 0.25) is 0 Å². The normalized spacial score (nSPS) is 9.93. The van der Waals surface area contributed by atoms with Crippen molar-refractivity contribution in [1.82, 2.24) is 5.32 Å². The maximum absolute atomic E-state index is 11.3. The number of para-hydroxylation sites is 3. The molecule has 0 saturated heterocycles. The quantitative estimate of drug-likeness (QED) is 0.424. The van der Waals surface area contributed by atoms with Crippen molar-refractivity contribution in [2.24, 2.45) is 4.36 Å². The first-order valence-electron chi connectivity index (χ1n) is 8.65. The average Bonchev–Trinajstić information content (AvgIpc) is 2.69. The molecule has 2 amide bonds. The summed E-state index contributed by atoms with van der Waals surface area (Å²) >= 11 is 9.63. The van der Waals surface area contributed by atoms with Gasteiger partial charge in [0.05, 0.1) is 12.3 Å². The van der Waals surface area contributed by atoms with Crippen molar-refractivity contribution in [3.63, 3.8) is 0 Å². The first kappa shape index (κ1) is 20.7. The van der Waals surface area contributed by atoms with Crippen molar-refractivity contribution < 1.29 is 9.53 Å². The number of hydrogen-bond acceptors (Lipinski definition) is 4. The van der Waals surface area contributed by atoms with Crippen molar-refractivity contribution >= 4 is 47.2 Å². The van der Waals surface area contributed by atoms with E-state index in [2.05, 4.69) is 32.7 Å². The SMILES string of the molecule is O=C(N=S)Nc1ccccc1OCCCCCNC(=S)Nc1ccccc1. The van der Waals surface area contributed by atoms with E-state index in [4.69, 9.17) is 17.0 Å². The molecule has 2 aromatic carbocycles. The second kappa shape index (κ2) is 11.9. The van der Waals surface area contributed by atoms with Crippen LogP contribution in [0.25, 0.3) is 0 Å². The minimum absolute atomic E-state index is 0.560. The Bertz CT molecular complexity index is 756. The lowest BCUT2D eigenvalue weighted by Crippen LogP contribution is -2.29. The van der Waals surface area contributed by atoms with Gasteiger partial charge in [0.25, 0.3) is 0 Å². The summed E-state index contributed by atoms with van der Waals surface area (Å²) in [5.74, 6) is 0.607. The Hall–Kier alpha value is -2.58. The molecule has 0 aromatic heterocycles. The van der Waals surface area contributed by atoms with E-state index in [9.17, 15) is 4.79 Å². The average molecular weight is 403 g/mol. The number of benzene rings is 2. The number of ether oxygens (including phenoxy) is 1. The molecule has 0 saturated carbocycles. The molecule has 0 aliphatic carbocycles. The molecule has 0 bridgehead atoms. The summed E-state index contributed by atoms with van der Waals surface area (Å²) in [6.07, 6.45) is 2.87. The number of carbonyl (C=O) groups excluding carboxylic acids is 1. The van der Waals surface area contributed by atoms with Crippen molar-refractivity contribution in [3.8, 4) is 5.75 Å². The summed E-state index contributed by atoms with van der Waals surface area (Å²) in [6, 6.07) is 16.4. The van der Waals surface area contributed by atoms with Crippen LogP contribution in [0.15, 0.2) is 59.0 Å². The highest BCUT2D eigenvalue weighted by Crippen LogP contribution is 2.24. The molecule has 2 aromatic rings. The second-order valence-corrected chi connectivity index (χ2v) is 6.26. The van der Waals surface area contributed by atoms with Crippen LogP contribution in [0.3, 0.4) is 0 Å². The molecule has 6 nitrogen and oxygen atoms in total. The van der Waals surface area contributed by atoms with Crippen LogP contribution in [0.1, 0.15) is 19.3 Å². The van der Waals surface area contributed by atoms with Gasteiger partial charge in [0, 0.05) is 24.7 Å². The van der Waals surface area contributed by atoms with Gasteiger partial charge in [-0.25, -0.2) is 4.79 Å². The number of carbonyl (C=O) groups is 1. The van der Waals surface area contributed by atoms with E-state index in [0.717, 1.165) is 31.5 Å². The summed E-state index contributed by atoms with van der Waals surface area (Å²) in [6.45, 7) is 1.36. The van der Waals surface area contributed by atoms with Crippen molar-refractivity contribution in [2.75, 3.05) is 23.8 Å². The predicted molar refractivity (Wildman–Crippen MR) is 115 cm³/mol. The Morgan fingerprint density at radius 1 is 0.963 bits per heavy atom. The molecule has 0 unspecified atom stereocenters. The number of nitrogens with zero attached hydrogens (tertiary/aromatic N) is 1. The standard InChI is InChI=1S/C19H22N4O2S2/c24-18(23-27)22-16-11-5-6-12-17(16)25-14-8-2-7-13-20-19(26)21-15-9-3-1-4-10-15/h1,3-6,9-12H,2,7-8,13-14H2,(H,22,24)(H2,20,21,26). The van der Waals surface area contributed by atoms with Gasteiger partial charge in [0.1, 0.15) is 5.75 Å². The highest BCUT2D eigenvalue weighted by atomic mass is 32.1. The van der Waals surface area contributed by atoms with Gasteiger partial charge in [-0.1, -0.05) is 30.3 Å². The molecule has 0 fully saturated rings. The van der Waals surface area contributed by atoms with E-state index >= 15 is 0 Å². The highest BCUT2D eigenvalue weighted by Gasteiger charge is 2.06. The van der Waals surface area contributed by atoms with Gasteiger partial charge in [-0.2, -0.15) is 0 Å². The first-order valence-corrected chi connectivity index (χ1v) is 9.42. The van der Waals surface area contributed by atoms with Crippen molar-refractivity contribution in [2.45, 2.75) is 19.3 Å². The van der Waals surface area contributed by atoms with Gasteiger partial charge < -0.3 is 20.7 Å². The van der Waals surface area contributed by atoms with Gasteiger partial charge in [-0.05, 0) is 55.7 Å². The lowest BCUT2D eigenvalue weighted by molar-refractivity contribution is 0.259. The van der Waals surface area contributed by atoms with Crippen LogP contribution < -0.4 is 20.7 Å². The van der Waals surface area contributed by atoms with E-state index in [1.807, 2.05) is 42.5 Å². The largest absolute Gasteiger partial charge is 0.491 e. The minimum Gasteiger partial charge on any atom is -0.491 e. The fraction of sp³-hybridized carbons (Fsp3) is 0.263. The van der Waals surface area contributed by atoms with Crippen molar-refractivity contribution in [1.29, 1.82) is 0 Å². The van der Waals surface area contributed by atoms with Gasteiger partial charge >= 0.3 is 6.03 Å². The zero-order chi connectivity index (χ0) is 19.3. The topological polar surface area (TPSA) is 74.8 Å². The second-order valence-electron chi connectivity index (χ2n) is 5.67.